The van der Waals surface area contributed by atoms with Crippen LogP contribution >= 0.6 is 0 Å². The number of hydrogen-bond acceptors (Lipinski definition) is 3. The van der Waals surface area contributed by atoms with Crippen molar-refractivity contribution in [2.75, 3.05) is 0 Å². The van der Waals surface area contributed by atoms with Crippen LogP contribution in [-0.4, -0.2) is 16.3 Å². The van der Waals surface area contributed by atoms with E-state index >= 15 is 0 Å². The standard InChI is InChI=1S/C18H39N.HNO3/c1-3-5-7-9-11-13-15-17-18(19)16-14-12-10-8-6-4-2;2-1(3)4/h18H,3-17,19H2,1-2H3;(H,2,3,4). The first-order chi connectivity index (χ1) is 11.0. The lowest BCUT2D eigenvalue weighted by Gasteiger charge is -2.11. The van der Waals surface area contributed by atoms with Gasteiger partial charge in [-0.2, -0.15) is 0 Å². The maximum Gasteiger partial charge on any atom is 0.291 e. The molecule has 0 aliphatic heterocycles. The van der Waals surface area contributed by atoms with Crippen LogP contribution in [0.15, 0.2) is 0 Å². The van der Waals surface area contributed by atoms with Crippen molar-refractivity contribution in [2.45, 2.75) is 116 Å². The molecule has 5 heteroatoms. The Morgan fingerprint density at radius 1 is 0.783 bits per heavy atom. The second-order valence-electron chi connectivity index (χ2n) is 6.46. The molecule has 1 atom stereocenters. The molecule has 0 aromatic carbocycles. The summed E-state index contributed by atoms with van der Waals surface area (Å²) in [5, 5.41) is 13.6. The highest BCUT2D eigenvalue weighted by atomic mass is 16.9. The summed E-state index contributed by atoms with van der Waals surface area (Å²) in [6.45, 7) is 4.56. The summed E-state index contributed by atoms with van der Waals surface area (Å²) < 4.78 is 0. The van der Waals surface area contributed by atoms with E-state index in [-0.39, 0.29) is 0 Å². The minimum absolute atomic E-state index is 0.474. The molecular formula is C18H40N2O3. The van der Waals surface area contributed by atoms with Gasteiger partial charge in [-0.15, -0.1) is 10.1 Å². The van der Waals surface area contributed by atoms with E-state index in [1.807, 2.05) is 0 Å². The number of nitrogens with zero attached hydrogens (tertiary/aromatic N) is 1. The van der Waals surface area contributed by atoms with Gasteiger partial charge >= 0.3 is 0 Å². The Kier molecular flexibility index (Phi) is 22.5. The highest BCUT2D eigenvalue weighted by Crippen LogP contribution is 2.13. The molecule has 0 fully saturated rings. The van der Waals surface area contributed by atoms with Gasteiger partial charge in [-0.05, 0) is 12.8 Å². The molecule has 0 aromatic heterocycles. The first kappa shape index (κ1) is 24.4. The first-order valence-electron chi connectivity index (χ1n) is 9.63. The summed E-state index contributed by atoms with van der Waals surface area (Å²) in [7, 11) is 0. The molecular weight excluding hydrogens is 292 g/mol. The van der Waals surface area contributed by atoms with Gasteiger partial charge in [-0.1, -0.05) is 97.3 Å². The summed E-state index contributed by atoms with van der Waals surface area (Å²) in [5.41, 5.74) is 6.18. The van der Waals surface area contributed by atoms with E-state index in [1.54, 1.807) is 0 Å². The van der Waals surface area contributed by atoms with Crippen molar-refractivity contribution in [3.05, 3.63) is 10.1 Å². The van der Waals surface area contributed by atoms with Gasteiger partial charge in [0.25, 0.3) is 5.09 Å². The third kappa shape index (κ3) is 29.7. The van der Waals surface area contributed by atoms with Gasteiger partial charge in [0.15, 0.2) is 0 Å². The molecule has 0 rings (SSSR count). The van der Waals surface area contributed by atoms with Gasteiger partial charge in [0.2, 0.25) is 0 Å². The summed E-state index contributed by atoms with van der Waals surface area (Å²) in [5.74, 6) is 0. The molecule has 3 N–H and O–H groups in total. The molecule has 0 heterocycles. The van der Waals surface area contributed by atoms with Crippen LogP contribution in [0.3, 0.4) is 0 Å². The quantitative estimate of drug-likeness (QED) is 0.223. The molecule has 140 valence electrons. The lowest BCUT2D eigenvalue weighted by Crippen LogP contribution is -2.19. The average Bonchev–Trinajstić information content (AvgIpc) is 2.49. The fourth-order valence-electron chi connectivity index (χ4n) is 2.69. The van der Waals surface area contributed by atoms with Gasteiger partial charge in [0.05, 0.1) is 0 Å². The van der Waals surface area contributed by atoms with Gasteiger partial charge in [0, 0.05) is 6.04 Å². The SMILES string of the molecule is CCCCCCCCCC(N)CCCCCCCC.O=[N+]([O-])O. The molecule has 23 heavy (non-hydrogen) atoms. The normalized spacial score (nSPS) is 11.6. The van der Waals surface area contributed by atoms with Crippen LogP contribution in [0.5, 0.6) is 0 Å². The Bertz CT molecular complexity index is 234. The van der Waals surface area contributed by atoms with E-state index in [0.29, 0.717) is 6.04 Å². The largest absolute Gasteiger partial charge is 0.328 e. The van der Waals surface area contributed by atoms with Crippen LogP contribution in [-0.2, 0) is 0 Å². The zero-order chi connectivity index (χ0) is 17.8. The van der Waals surface area contributed by atoms with E-state index in [9.17, 15) is 0 Å². The Labute approximate surface area is 143 Å². The van der Waals surface area contributed by atoms with E-state index in [2.05, 4.69) is 13.8 Å². The molecule has 0 saturated carbocycles. The van der Waals surface area contributed by atoms with Gasteiger partial charge in [-0.3, -0.25) is 0 Å². The van der Waals surface area contributed by atoms with Gasteiger partial charge in [0.1, 0.15) is 0 Å². The molecule has 5 nitrogen and oxygen atoms in total. The maximum absolute atomic E-state index is 8.36. The molecule has 0 saturated heterocycles. The summed E-state index contributed by atoms with van der Waals surface area (Å²) in [6.07, 6.45) is 20.6. The highest BCUT2D eigenvalue weighted by molar-refractivity contribution is 4.62. The molecule has 1 unspecified atom stereocenters. The fourth-order valence-corrected chi connectivity index (χ4v) is 2.69. The zero-order valence-electron chi connectivity index (χ0n) is 15.5. The zero-order valence-corrected chi connectivity index (χ0v) is 15.5. The molecule has 0 spiro atoms. The smallest absolute Gasteiger partial charge is 0.291 e. The molecule has 0 aliphatic carbocycles. The van der Waals surface area contributed by atoms with Crippen molar-refractivity contribution in [3.8, 4) is 0 Å². The van der Waals surface area contributed by atoms with Crippen molar-refractivity contribution in [3.63, 3.8) is 0 Å². The van der Waals surface area contributed by atoms with E-state index in [4.69, 9.17) is 21.1 Å². The minimum Gasteiger partial charge on any atom is -0.328 e. The Hall–Kier alpha value is -0.840. The van der Waals surface area contributed by atoms with Gasteiger partial charge < -0.3 is 10.9 Å². The predicted octanol–water partition coefficient (Wildman–Crippen LogP) is 5.86. The van der Waals surface area contributed by atoms with Crippen LogP contribution in [0, 0.1) is 10.1 Å². The van der Waals surface area contributed by atoms with Crippen LogP contribution in [0.4, 0.5) is 0 Å². The Morgan fingerprint density at radius 2 is 1.04 bits per heavy atom. The Morgan fingerprint density at radius 3 is 1.35 bits per heavy atom. The van der Waals surface area contributed by atoms with Crippen molar-refractivity contribution in [1.82, 2.24) is 0 Å². The minimum atomic E-state index is -1.50. The van der Waals surface area contributed by atoms with Crippen LogP contribution in [0.1, 0.15) is 110 Å². The predicted molar refractivity (Wildman–Crippen MR) is 97.4 cm³/mol. The van der Waals surface area contributed by atoms with Crippen LogP contribution < -0.4 is 5.73 Å². The summed E-state index contributed by atoms with van der Waals surface area (Å²) in [6, 6.07) is 0.474. The van der Waals surface area contributed by atoms with Gasteiger partial charge in [-0.25, -0.2) is 0 Å². The number of hydrogen-bond donors (Lipinski definition) is 2. The van der Waals surface area contributed by atoms with Crippen LogP contribution in [0.2, 0.25) is 0 Å². The van der Waals surface area contributed by atoms with Crippen LogP contribution in [0.25, 0.3) is 0 Å². The molecule has 0 aromatic rings. The second-order valence-corrected chi connectivity index (χ2v) is 6.46. The maximum atomic E-state index is 8.36. The monoisotopic (exact) mass is 332 g/mol. The topological polar surface area (TPSA) is 89.4 Å². The molecule has 0 radical (unpaired) electrons. The third-order valence-electron chi connectivity index (χ3n) is 4.11. The molecule has 0 aliphatic rings. The molecule has 0 bridgehead atoms. The number of rotatable bonds is 15. The van der Waals surface area contributed by atoms with Crippen molar-refractivity contribution >= 4 is 0 Å². The molecule has 0 amide bonds. The third-order valence-corrected chi connectivity index (χ3v) is 4.11. The summed E-state index contributed by atoms with van der Waals surface area (Å²) >= 11 is 0. The first-order valence-corrected chi connectivity index (χ1v) is 9.63. The van der Waals surface area contributed by atoms with Crippen molar-refractivity contribution in [2.24, 2.45) is 5.73 Å². The van der Waals surface area contributed by atoms with E-state index < -0.39 is 5.09 Å². The van der Waals surface area contributed by atoms with E-state index in [1.165, 1.54) is 96.3 Å². The van der Waals surface area contributed by atoms with E-state index in [0.717, 1.165) is 0 Å². The number of unbranched alkanes of at least 4 members (excludes halogenated alkanes) is 11. The number of nitrogens with two attached hydrogens (primary N) is 1. The van der Waals surface area contributed by atoms with Crippen molar-refractivity contribution in [1.29, 1.82) is 0 Å². The lowest BCUT2D eigenvalue weighted by atomic mass is 10.0. The summed E-state index contributed by atoms with van der Waals surface area (Å²) in [4.78, 5) is 8.36. The lowest BCUT2D eigenvalue weighted by molar-refractivity contribution is -0.742. The average molecular weight is 333 g/mol. The second kappa shape index (κ2) is 21.2. The highest BCUT2D eigenvalue weighted by Gasteiger charge is 2.02. The van der Waals surface area contributed by atoms with Crippen molar-refractivity contribution < 1.29 is 10.3 Å². The fraction of sp³-hybridized carbons (Fsp3) is 1.00. The Balaban J connectivity index is 0.